The summed E-state index contributed by atoms with van der Waals surface area (Å²) in [4.78, 5) is 24.9. The Hall–Kier alpha value is -2.29. The number of hydrogen-bond acceptors (Lipinski definition) is 4. The fourth-order valence-electron chi connectivity index (χ4n) is 2.25. The molecule has 124 valence electrons. The molecule has 2 rings (SSSR count). The topological polar surface area (TPSA) is 83.5 Å². The van der Waals surface area contributed by atoms with Crippen molar-refractivity contribution < 1.29 is 26.8 Å². The number of carbonyl (C=O) groups excluding carboxylic acids is 2. The molecule has 2 amide bonds. The van der Waals surface area contributed by atoms with Crippen molar-refractivity contribution >= 4 is 27.5 Å². The van der Waals surface area contributed by atoms with E-state index in [9.17, 15) is 26.8 Å². The van der Waals surface area contributed by atoms with E-state index in [2.05, 4.69) is 6.58 Å². The van der Waals surface area contributed by atoms with Gasteiger partial charge in [0.05, 0.1) is 17.4 Å². The fourth-order valence-corrected chi connectivity index (χ4v) is 3.12. The number of amides is 2. The zero-order chi connectivity index (χ0) is 17.2. The Labute approximate surface area is 131 Å². The van der Waals surface area contributed by atoms with Crippen molar-refractivity contribution in [3.05, 3.63) is 42.5 Å². The van der Waals surface area contributed by atoms with E-state index in [0.29, 0.717) is 6.07 Å². The van der Waals surface area contributed by atoms with Gasteiger partial charge in [0.1, 0.15) is 11.6 Å². The van der Waals surface area contributed by atoms with Gasteiger partial charge in [-0.3, -0.25) is 14.3 Å². The molecular weight excluding hydrogens is 330 g/mol. The minimum absolute atomic E-state index is 0.152. The van der Waals surface area contributed by atoms with Crippen molar-refractivity contribution in [1.29, 1.82) is 0 Å². The predicted octanol–water partition coefficient (Wildman–Crippen LogP) is 0.950. The Morgan fingerprint density at radius 2 is 2.13 bits per heavy atom. The van der Waals surface area contributed by atoms with Crippen LogP contribution >= 0.6 is 0 Å². The van der Waals surface area contributed by atoms with Gasteiger partial charge in [-0.15, -0.1) is 6.58 Å². The molecule has 1 fully saturated rings. The van der Waals surface area contributed by atoms with Gasteiger partial charge in [0, 0.05) is 19.0 Å². The first-order valence-electron chi connectivity index (χ1n) is 6.64. The van der Waals surface area contributed by atoms with E-state index in [1.54, 1.807) is 0 Å². The van der Waals surface area contributed by atoms with E-state index in [1.807, 2.05) is 4.72 Å². The van der Waals surface area contributed by atoms with Crippen molar-refractivity contribution in [3.63, 3.8) is 0 Å². The lowest BCUT2D eigenvalue weighted by molar-refractivity contribution is -0.124. The van der Waals surface area contributed by atoms with Gasteiger partial charge < -0.3 is 4.90 Å². The van der Waals surface area contributed by atoms with Crippen molar-refractivity contribution in [2.45, 2.75) is 6.42 Å². The van der Waals surface area contributed by atoms with Gasteiger partial charge in [0.15, 0.2) is 0 Å². The van der Waals surface area contributed by atoms with Crippen LogP contribution in [0.2, 0.25) is 0 Å². The summed E-state index contributed by atoms with van der Waals surface area (Å²) >= 11 is 0. The quantitative estimate of drug-likeness (QED) is 0.806. The molecule has 6 nitrogen and oxygen atoms in total. The maximum Gasteiger partial charge on any atom is 0.238 e. The van der Waals surface area contributed by atoms with Crippen LogP contribution < -0.4 is 9.62 Å². The van der Waals surface area contributed by atoms with Gasteiger partial charge in [0.2, 0.25) is 21.8 Å². The average molecular weight is 344 g/mol. The zero-order valence-electron chi connectivity index (χ0n) is 12.0. The van der Waals surface area contributed by atoms with E-state index in [4.69, 9.17) is 0 Å². The minimum atomic E-state index is -3.85. The van der Waals surface area contributed by atoms with E-state index in [-0.39, 0.29) is 18.7 Å². The number of halogens is 2. The number of benzene rings is 1. The molecule has 1 aliphatic heterocycles. The summed E-state index contributed by atoms with van der Waals surface area (Å²) in [6.45, 7) is 3.08. The van der Waals surface area contributed by atoms with Crippen molar-refractivity contribution in [1.82, 2.24) is 4.72 Å². The average Bonchev–Trinajstić information content (AvgIpc) is 2.80. The monoisotopic (exact) mass is 344 g/mol. The summed E-state index contributed by atoms with van der Waals surface area (Å²) in [5, 5.41) is 0. The highest BCUT2D eigenvalue weighted by molar-refractivity contribution is 7.90. The lowest BCUT2D eigenvalue weighted by atomic mass is 10.1. The molecule has 23 heavy (non-hydrogen) atoms. The predicted molar refractivity (Wildman–Crippen MR) is 78.9 cm³/mol. The molecule has 1 saturated heterocycles. The first kappa shape index (κ1) is 17.1. The largest absolute Gasteiger partial charge is 0.309 e. The van der Waals surface area contributed by atoms with Gasteiger partial charge in [0.25, 0.3) is 0 Å². The standard InChI is InChI=1S/C14H14F2N2O4S/c1-2-5-23(21,22)17-14(20)9-6-13(19)18(8-9)12-4-3-10(15)7-11(12)16/h2-4,7,9H,1,5-6,8H2,(H,17,20)/t9-/m0/s1. The molecule has 9 heteroatoms. The highest BCUT2D eigenvalue weighted by Crippen LogP contribution is 2.28. The molecule has 0 aromatic heterocycles. The van der Waals surface area contributed by atoms with Gasteiger partial charge in [-0.2, -0.15) is 0 Å². The third-order valence-electron chi connectivity index (χ3n) is 3.29. The molecule has 0 unspecified atom stereocenters. The number of anilines is 1. The van der Waals surface area contributed by atoms with Gasteiger partial charge in [-0.05, 0) is 12.1 Å². The molecule has 0 saturated carbocycles. The second kappa shape index (κ2) is 6.45. The SMILES string of the molecule is C=CCS(=O)(=O)NC(=O)[C@H]1CC(=O)N(c2ccc(F)cc2F)C1. The summed E-state index contributed by atoms with van der Waals surface area (Å²) in [7, 11) is -3.85. The van der Waals surface area contributed by atoms with Crippen LogP contribution in [0.3, 0.4) is 0 Å². The van der Waals surface area contributed by atoms with Crippen LogP contribution in [0.15, 0.2) is 30.9 Å². The van der Waals surface area contributed by atoms with E-state index < -0.39 is 45.1 Å². The van der Waals surface area contributed by atoms with Crippen LogP contribution in [0.5, 0.6) is 0 Å². The summed E-state index contributed by atoms with van der Waals surface area (Å²) in [6.07, 6.45) is 0.863. The summed E-state index contributed by atoms with van der Waals surface area (Å²) in [6, 6.07) is 2.72. The van der Waals surface area contributed by atoms with Crippen LogP contribution in [0.25, 0.3) is 0 Å². The van der Waals surface area contributed by atoms with Gasteiger partial charge >= 0.3 is 0 Å². The molecule has 1 heterocycles. The third-order valence-corrected chi connectivity index (χ3v) is 4.48. The second-order valence-corrected chi connectivity index (χ2v) is 6.80. The number of nitrogens with one attached hydrogen (secondary N) is 1. The summed E-state index contributed by atoms with van der Waals surface area (Å²) < 4.78 is 51.5. The maximum atomic E-state index is 13.7. The Kier molecular flexibility index (Phi) is 4.79. The molecule has 0 bridgehead atoms. The Morgan fingerprint density at radius 3 is 2.74 bits per heavy atom. The van der Waals surface area contributed by atoms with Crippen LogP contribution in [-0.4, -0.2) is 32.5 Å². The van der Waals surface area contributed by atoms with E-state index in [0.717, 1.165) is 23.1 Å². The molecule has 0 aliphatic carbocycles. The zero-order valence-corrected chi connectivity index (χ0v) is 12.8. The Balaban J connectivity index is 2.13. The van der Waals surface area contributed by atoms with Gasteiger partial charge in [-0.1, -0.05) is 6.08 Å². The van der Waals surface area contributed by atoms with Crippen molar-refractivity contribution in [3.8, 4) is 0 Å². The molecular formula is C14H14F2N2O4S. The minimum Gasteiger partial charge on any atom is -0.309 e. The van der Waals surface area contributed by atoms with Crippen molar-refractivity contribution in [2.75, 3.05) is 17.2 Å². The highest BCUT2D eigenvalue weighted by atomic mass is 32.2. The van der Waals surface area contributed by atoms with E-state index >= 15 is 0 Å². The molecule has 1 aromatic rings. The smallest absolute Gasteiger partial charge is 0.238 e. The fraction of sp³-hybridized carbons (Fsp3) is 0.286. The number of rotatable bonds is 5. The summed E-state index contributed by atoms with van der Waals surface area (Å²) in [5.74, 6) is -4.48. The number of carbonyl (C=O) groups is 2. The molecule has 1 N–H and O–H groups in total. The van der Waals surface area contributed by atoms with Crippen LogP contribution in [0, 0.1) is 17.6 Å². The maximum absolute atomic E-state index is 13.7. The van der Waals surface area contributed by atoms with Crippen LogP contribution in [-0.2, 0) is 19.6 Å². The number of sulfonamides is 1. The molecule has 1 atom stereocenters. The first-order chi connectivity index (χ1) is 10.7. The van der Waals surface area contributed by atoms with Crippen LogP contribution in [0.1, 0.15) is 6.42 Å². The van der Waals surface area contributed by atoms with Crippen molar-refractivity contribution in [2.24, 2.45) is 5.92 Å². The molecule has 0 radical (unpaired) electrons. The Bertz CT molecular complexity index is 764. The van der Waals surface area contributed by atoms with Crippen LogP contribution in [0.4, 0.5) is 14.5 Å². The first-order valence-corrected chi connectivity index (χ1v) is 8.29. The highest BCUT2D eigenvalue weighted by Gasteiger charge is 2.37. The summed E-state index contributed by atoms with van der Waals surface area (Å²) in [5.41, 5.74) is -0.152. The lowest BCUT2D eigenvalue weighted by Crippen LogP contribution is -2.38. The number of hydrogen-bond donors (Lipinski definition) is 1. The molecule has 0 spiro atoms. The normalized spacial score (nSPS) is 18.1. The molecule has 1 aromatic carbocycles. The molecule has 1 aliphatic rings. The lowest BCUT2D eigenvalue weighted by Gasteiger charge is -2.17. The van der Waals surface area contributed by atoms with Gasteiger partial charge in [-0.25, -0.2) is 17.2 Å². The Morgan fingerprint density at radius 1 is 1.43 bits per heavy atom. The number of nitrogens with zero attached hydrogens (tertiary/aromatic N) is 1. The third kappa shape index (κ3) is 3.92. The van der Waals surface area contributed by atoms with E-state index in [1.165, 1.54) is 0 Å². The second-order valence-electron chi connectivity index (χ2n) is 5.04.